The number of phenols is 1. The SMILES string of the molecule is O=C1[C@H]2[C@@H](ON(c3ccccc3)[C@H]2c2cc(Cl)cc(Cl)c2O)C(=O)N1c1ccc([N+](=O)[O-])cc1. The van der Waals surface area contributed by atoms with E-state index in [1.807, 2.05) is 0 Å². The van der Waals surface area contributed by atoms with Crippen LogP contribution in [-0.2, 0) is 14.4 Å². The van der Waals surface area contributed by atoms with E-state index in [4.69, 9.17) is 28.0 Å². The number of para-hydroxylation sites is 1. The summed E-state index contributed by atoms with van der Waals surface area (Å²) in [5.41, 5.74) is 0.781. The molecule has 0 spiro atoms. The Kier molecular flexibility index (Phi) is 5.40. The number of benzene rings is 3. The van der Waals surface area contributed by atoms with Gasteiger partial charge in [0, 0.05) is 22.7 Å². The molecule has 0 radical (unpaired) electrons. The molecule has 2 aliphatic heterocycles. The van der Waals surface area contributed by atoms with Crippen molar-refractivity contribution >= 4 is 52.1 Å². The number of hydroxylamine groups is 1. The topological polar surface area (TPSA) is 113 Å². The van der Waals surface area contributed by atoms with Crippen LogP contribution in [0.4, 0.5) is 17.1 Å². The van der Waals surface area contributed by atoms with E-state index in [0.717, 1.165) is 4.90 Å². The summed E-state index contributed by atoms with van der Waals surface area (Å²) in [5, 5.41) is 23.3. The number of nitrogens with zero attached hydrogens (tertiary/aromatic N) is 3. The number of non-ortho nitro benzene ring substituents is 1. The molecule has 2 heterocycles. The van der Waals surface area contributed by atoms with Crippen molar-refractivity contribution in [2.24, 2.45) is 5.92 Å². The number of aromatic hydroxyl groups is 1. The minimum Gasteiger partial charge on any atom is -0.506 e. The molecule has 2 amide bonds. The van der Waals surface area contributed by atoms with Crippen molar-refractivity contribution in [2.45, 2.75) is 12.1 Å². The first-order valence-corrected chi connectivity index (χ1v) is 10.8. The highest BCUT2D eigenvalue weighted by Gasteiger charge is 2.60. The molecule has 1 N–H and O–H groups in total. The van der Waals surface area contributed by atoms with Gasteiger partial charge < -0.3 is 5.11 Å². The van der Waals surface area contributed by atoms with Crippen molar-refractivity contribution in [3.05, 3.63) is 92.5 Å². The second-order valence-electron chi connectivity index (χ2n) is 7.77. The molecule has 0 bridgehead atoms. The van der Waals surface area contributed by atoms with Crippen LogP contribution in [0.5, 0.6) is 5.75 Å². The highest BCUT2D eigenvalue weighted by Crippen LogP contribution is 2.51. The predicted octanol–water partition coefficient (Wildman–Crippen LogP) is 4.66. The van der Waals surface area contributed by atoms with Crippen LogP contribution in [0, 0.1) is 16.0 Å². The van der Waals surface area contributed by atoms with Crippen molar-refractivity contribution in [3.63, 3.8) is 0 Å². The molecule has 0 aromatic heterocycles. The fourth-order valence-electron chi connectivity index (χ4n) is 4.32. The van der Waals surface area contributed by atoms with Gasteiger partial charge in [0.05, 0.1) is 27.4 Å². The summed E-state index contributed by atoms with van der Waals surface area (Å²) in [6, 6.07) is 15.8. The van der Waals surface area contributed by atoms with Crippen LogP contribution >= 0.6 is 23.2 Å². The summed E-state index contributed by atoms with van der Waals surface area (Å²) in [4.78, 5) is 44.2. The molecule has 0 aliphatic carbocycles. The number of carbonyl (C=O) groups excluding carboxylic acids is 2. The molecule has 34 heavy (non-hydrogen) atoms. The van der Waals surface area contributed by atoms with E-state index < -0.39 is 34.8 Å². The van der Waals surface area contributed by atoms with Crippen molar-refractivity contribution in [3.8, 4) is 5.75 Å². The number of halogens is 2. The van der Waals surface area contributed by atoms with Crippen molar-refractivity contribution in [1.29, 1.82) is 0 Å². The number of hydrogen-bond donors (Lipinski definition) is 1. The van der Waals surface area contributed by atoms with Crippen molar-refractivity contribution in [1.82, 2.24) is 0 Å². The Labute approximate surface area is 202 Å². The Morgan fingerprint density at radius 2 is 1.62 bits per heavy atom. The zero-order valence-electron chi connectivity index (χ0n) is 17.2. The largest absolute Gasteiger partial charge is 0.506 e. The summed E-state index contributed by atoms with van der Waals surface area (Å²) >= 11 is 12.3. The average molecular weight is 500 g/mol. The van der Waals surface area contributed by atoms with E-state index in [1.165, 1.54) is 41.5 Å². The molecule has 11 heteroatoms. The second-order valence-corrected chi connectivity index (χ2v) is 8.61. The number of imide groups is 1. The standard InChI is InChI=1S/C23H15Cl2N3O6/c24-12-10-16(20(29)17(25)11-12)19-18-21(34-27(19)14-4-2-1-3-5-14)23(31)26(22(18)30)13-6-8-15(9-7-13)28(32)33/h1-11,18-19,21,29H/t18-,19+,21-/m1/s1. The van der Waals surface area contributed by atoms with Gasteiger partial charge in [-0.25, -0.2) is 9.96 Å². The van der Waals surface area contributed by atoms with E-state index >= 15 is 0 Å². The quantitative estimate of drug-likeness (QED) is 0.315. The van der Waals surface area contributed by atoms with Crippen LogP contribution in [0.1, 0.15) is 11.6 Å². The van der Waals surface area contributed by atoms with Crippen LogP contribution in [0.15, 0.2) is 66.7 Å². The van der Waals surface area contributed by atoms with Gasteiger partial charge in [0.1, 0.15) is 11.7 Å². The Bertz CT molecular complexity index is 1320. The van der Waals surface area contributed by atoms with Crippen LogP contribution in [0.3, 0.4) is 0 Å². The van der Waals surface area contributed by atoms with Gasteiger partial charge in [0.15, 0.2) is 6.10 Å². The molecule has 0 saturated carbocycles. The van der Waals surface area contributed by atoms with Gasteiger partial charge in [-0.3, -0.25) is 24.5 Å². The molecule has 2 aliphatic rings. The zero-order valence-corrected chi connectivity index (χ0v) is 18.7. The average Bonchev–Trinajstić information content (AvgIpc) is 3.33. The molecule has 3 aromatic rings. The number of amides is 2. The van der Waals surface area contributed by atoms with Gasteiger partial charge >= 0.3 is 0 Å². The van der Waals surface area contributed by atoms with E-state index in [0.29, 0.717) is 5.69 Å². The summed E-state index contributed by atoms with van der Waals surface area (Å²) in [5.74, 6) is -2.53. The normalized spacial score (nSPS) is 21.8. The molecule has 3 aromatic carbocycles. The third kappa shape index (κ3) is 3.45. The van der Waals surface area contributed by atoms with E-state index in [9.17, 15) is 24.8 Å². The molecule has 0 unspecified atom stereocenters. The number of carbonyl (C=O) groups is 2. The number of rotatable bonds is 4. The molecule has 9 nitrogen and oxygen atoms in total. The number of hydrogen-bond acceptors (Lipinski definition) is 7. The minimum absolute atomic E-state index is 0.0111. The molecule has 2 fully saturated rings. The lowest BCUT2D eigenvalue weighted by atomic mass is 9.90. The Balaban J connectivity index is 1.60. The first kappa shape index (κ1) is 22.1. The van der Waals surface area contributed by atoms with Crippen LogP contribution in [-0.4, -0.2) is 27.9 Å². The van der Waals surface area contributed by atoms with Gasteiger partial charge in [-0.2, -0.15) is 0 Å². The highest BCUT2D eigenvalue weighted by atomic mass is 35.5. The van der Waals surface area contributed by atoms with Crippen LogP contribution in [0.2, 0.25) is 10.0 Å². The summed E-state index contributed by atoms with van der Waals surface area (Å²) in [7, 11) is 0. The summed E-state index contributed by atoms with van der Waals surface area (Å²) < 4.78 is 0. The number of fused-ring (bicyclic) bond motifs is 1. The maximum Gasteiger partial charge on any atom is 0.269 e. The Morgan fingerprint density at radius 3 is 2.26 bits per heavy atom. The fraction of sp³-hybridized carbons (Fsp3) is 0.130. The maximum absolute atomic E-state index is 13.6. The minimum atomic E-state index is -1.19. The number of anilines is 2. The highest BCUT2D eigenvalue weighted by molar-refractivity contribution is 6.35. The van der Waals surface area contributed by atoms with E-state index in [1.54, 1.807) is 30.3 Å². The second kappa shape index (κ2) is 8.28. The molecule has 5 rings (SSSR count). The number of nitro benzene ring substituents is 1. The Morgan fingerprint density at radius 1 is 0.941 bits per heavy atom. The van der Waals surface area contributed by atoms with Crippen molar-refractivity contribution in [2.75, 3.05) is 9.96 Å². The summed E-state index contributed by atoms with van der Waals surface area (Å²) in [6.07, 6.45) is -1.19. The van der Waals surface area contributed by atoms with Gasteiger partial charge in [-0.15, -0.1) is 0 Å². The molecule has 3 atom stereocenters. The first-order valence-electron chi connectivity index (χ1n) is 10.1. The maximum atomic E-state index is 13.6. The van der Waals surface area contributed by atoms with Gasteiger partial charge in [-0.05, 0) is 36.4 Å². The van der Waals surface area contributed by atoms with Gasteiger partial charge in [0.2, 0.25) is 5.91 Å². The van der Waals surface area contributed by atoms with Crippen LogP contribution < -0.4 is 9.96 Å². The van der Waals surface area contributed by atoms with Gasteiger partial charge in [-0.1, -0.05) is 41.4 Å². The lowest BCUT2D eigenvalue weighted by Crippen LogP contribution is -2.37. The van der Waals surface area contributed by atoms with Crippen LogP contribution in [0.25, 0.3) is 0 Å². The van der Waals surface area contributed by atoms with Gasteiger partial charge in [0.25, 0.3) is 11.6 Å². The van der Waals surface area contributed by atoms with Crippen molar-refractivity contribution < 1.29 is 24.5 Å². The third-order valence-electron chi connectivity index (χ3n) is 5.82. The monoisotopic (exact) mass is 499 g/mol. The number of nitro groups is 1. The van der Waals surface area contributed by atoms with E-state index in [2.05, 4.69) is 0 Å². The smallest absolute Gasteiger partial charge is 0.269 e. The molecule has 2 saturated heterocycles. The molecule has 172 valence electrons. The summed E-state index contributed by atoms with van der Waals surface area (Å²) in [6.45, 7) is 0. The fourth-order valence-corrected chi connectivity index (χ4v) is 4.83. The first-order chi connectivity index (χ1) is 16.3. The van der Waals surface area contributed by atoms with E-state index in [-0.39, 0.29) is 32.7 Å². The third-order valence-corrected chi connectivity index (χ3v) is 6.33. The molecular weight excluding hydrogens is 485 g/mol. The lowest BCUT2D eigenvalue weighted by molar-refractivity contribution is -0.384. The molecular formula is C23H15Cl2N3O6. The lowest BCUT2D eigenvalue weighted by Gasteiger charge is -2.29. The Hall–Kier alpha value is -3.66. The predicted molar refractivity (Wildman–Crippen MR) is 124 cm³/mol. The zero-order chi connectivity index (χ0) is 24.1. The number of phenolic OH excluding ortho intramolecular Hbond substituents is 1.